The fraction of sp³-hybridized carbons (Fsp3) is 0.231. The smallest absolute Gasteiger partial charge is 0.251 e. The molecule has 1 fully saturated rings. The lowest BCUT2D eigenvalue weighted by Crippen LogP contribution is -2.41. The van der Waals surface area contributed by atoms with Gasteiger partial charge >= 0.3 is 0 Å². The van der Waals surface area contributed by atoms with Crippen molar-refractivity contribution in [1.82, 2.24) is 15.3 Å². The molecule has 0 unspecified atom stereocenters. The molecule has 1 saturated carbocycles. The highest BCUT2D eigenvalue weighted by molar-refractivity contribution is 6.33. The molecule has 7 heteroatoms. The van der Waals surface area contributed by atoms with Crippen molar-refractivity contribution in [1.29, 1.82) is 0 Å². The van der Waals surface area contributed by atoms with Gasteiger partial charge in [-0.25, -0.2) is 4.98 Å². The Kier molecular flexibility index (Phi) is 5.92. The maximum Gasteiger partial charge on any atom is 0.251 e. The van der Waals surface area contributed by atoms with Crippen molar-refractivity contribution in [3.8, 4) is 11.1 Å². The van der Waals surface area contributed by atoms with Crippen molar-refractivity contribution in [2.75, 3.05) is 11.1 Å². The number of carbonyl (C=O) groups is 1. The van der Waals surface area contributed by atoms with E-state index in [-0.39, 0.29) is 18.0 Å². The van der Waals surface area contributed by atoms with E-state index >= 15 is 0 Å². The summed E-state index contributed by atoms with van der Waals surface area (Å²) >= 11 is 6.52. The number of hydrogen-bond donors (Lipinski definition) is 4. The van der Waals surface area contributed by atoms with E-state index in [1.165, 1.54) is 0 Å². The number of pyridine rings is 1. The lowest BCUT2D eigenvalue weighted by molar-refractivity contribution is 0.0926. The average Bonchev–Trinajstić information content (AvgIpc) is 3.25. The Bertz CT molecular complexity index is 1280. The largest absolute Gasteiger partial charge is 0.399 e. The number of nitrogen functional groups attached to an aromatic ring is 1. The minimum Gasteiger partial charge on any atom is -0.399 e. The van der Waals surface area contributed by atoms with Crippen LogP contribution in [-0.2, 0) is 0 Å². The number of nitrogens with zero attached hydrogens (tertiary/aromatic N) is 1. The number of nitrogens with one attached hydrogen (secondary N) is 3. The Morgan fingerprint density at radius 2 is 1.85 bits per heavy atom. The highest BCUT2D eigenvalue weighted by Gasteiger charge is 2.24. The number of nitrogens with two attached hydrogens (primary N) is 1. The summed E-state index contributed by atoms with van der Waals surface area (Å²) in [7, 11) is 0. The molecule has 2 aromatic heterocycles. The minimum absolute atomic E-state index is 0.0631. The van der Waals surface area contributed by atoms with Crippen LogP contribution in [0.2, 0.25) is 5.02 Å². The predicted octanol–water partition coefficient (Wildman–Crippen LogP) is 5.62. The lowest BCUT2D eigenvalue weighted by Gasteiger charge is -2.30. The first kappa shape index (κ1) is 21.3. The van der Waals surface area contributed by atoms with E-state index in [2.05, 4.69) is 26.7 Å². The number of aromatic amines is 1. The van der Waals surface area contributed by atoms with Gasteiger partial charge in [0.1, 0.15) is 5.82 Å². The Hall–Kier alpha value is -3.51. The number of hydrogen-bond acceptors (Lipinski definition) is 4. The summed E-state index contributed by atoms with van der Waals surface area (Å²) in [5.41, 5.74) is 10.1. The maximum absolute atomic E-state index is 12.6. The van der Waals surface area contributed by atoms with E-state index in [0.29, 0.717) is 16.3 Å². The lowest BCUT2D eigenvalue weighted by atomic mass is 9.90. The van der Waals surface area contributed by atoms with Gasteiger partial charge in [-0.05, 0) is 62.1 Å². The number of rotatable bonds is 5. The van der Waals surface area contributed by atoms with E-state index in [1.807, 2.05) is 30.5 Å². The third kappa shape index (κ3) is 4.66. The molecule has 0 radical (unpaired) electrons. The van der Waals surface area contributed by atoms with E-state index in [1.54, 1.807) is 30.5 Å². The molecule has 33 heavy (non-hydrogen) atoms. The van der Waals surface area contributed by atoms with Gasteiger partial charge in [-0.15, -0.1) is 0 Å². The van der Waals surface area contributed by atoms with Crippen LogP contribution in [0.25, 0.3) is 22.0 Å². The quantitative estimate of drug-likeness (QED) is 0.291. The van der Waals surface area contributed by atoms with Crippen molar-refractivity contribution in [3.05, 3.63) is 77.6 Å². The zero-order chi connectivity index (χ0) is 22.8. The summed E-state index contributed by atoms with van der Waals surface area (Å²) in [6.07, 6.45) is 7.55. The average molecular weight is 460 g/mol. The van der Waals surface area contributed by atoms with Crippen LogP contribution in [0.5, 0.6) is 0 Å². The molecule has 1 aliphatic rings. The molecule has 1 amide bonds. The number of amides is 1. The molecule has 4 aromatic rings. The van der Waals surface area contributed by atoms with Crippen molar-refractivity contribution in [2.45, 2.75) is 37.8 Å². The fourth-order valence-electron chi connectivity index (χ4n) is 4.58. The first-order chi connectivity index (χ1) is 16.1. The summed E-state index contributed by atoms with van der Waals surface area (Å²) in [5, 5.41) is 8.47. The molecule has 2 aromatic carbocycles. The van der Waals surface area contributed by atoms with Gasteiger partial charge in [-0.1, -0.05) is 29.8 Å². The molecule has 0 saturated heterocycles. The SMILES string of the molecule is Nc1ccc(C(=O)N[C@@H]2CCC[C@@H](Nc3cc(-c4c[nH]c5ccccc45)c(Cl)cn3)C2)cc1. The van der Waals surface area contributed by atoms with Gasteiger partial charge in [0.2, 0.25) is 0 Å². The number of benzene rings is 2. The van der Waals surface area contributed by atoms with Gasteiger partial charge in [-0.3, -0.25) is 4.79 Å². The normalized spacial score (nSPS) is 18.2. The van der Waals surface area contributed by atoms with Crippen molar-refractivity contribution in [2.24, 2.45) is 0 Å². The second kappa shape index (κ2) is 9.16. The zero-order valence-electron chi connectivity index (χ0n) is 18.1. The highest BCUT2D eigenvalue weighted by Crippen LogP contribution is 2.35. The van der Waals surface area contributed by atoms with Gasteiger partial charge in [0.25, 0.3) is 5.91 Å². The van der Waals surface area contributed by atoms with Crippen LogP contribution < -0.4 is 16.4 Å². The molecule has 168 valence electrons. The Morgan fingerprint density at radius 3 is 2.70 bits per heavy atom. The van der Waals surface area contributed by atoms with Crippen LogP contribution in [0, 0.1) is 0 Å². The van der Waals surface area contributed by atoms with Crippen LogP contribution in [0.15, 0.2) is 67.0 Å². The summed E-state index contributed by atoms with van der Waals surface area (Å²) in [4.78, 5) is 20.4. The molecule has 0 aliphatic heterocycles. The van der Waals surface area contributed by atoms with E-state index in [0.717, 1.165) is 53.5 Å². The van der Waals surface area contributed by atoms with Crippen molar-refractivity contribution in [3.63, 3.8) is 0 Å². The monoisotopic (exact) mass is 459 g/mol. The van der Waals surface area contributed by atoms with Gasteiger partial charge in [0, 0.05) is 57.8 Å². The maximum atomic E-state index is 12.6. The van der Waals surface area contributed by atoms with E-state index in [4.69, 9.17) is 17.3 Å². The Labute approximate surface area is 197 Å². The number of anilines is 2. The zero-order valence-corrected chi connectivity index (χ0v) is 18.9. The number of fused-ring (bicyclic) bond motifs is 1. The predicted molar refractivity (Wildman–Crippen MR) is 135 cm³/mol. The molecular formula is C26H26ClN5O. The van der Waals surface area contributed by atoms with Crippen LogP contribution in [-0.4, -0.2) is 28.0 Å². The first-order valence-electron chi connectivity index (χ1n) is 11.2. The highest BCUT2D eigenvalue weighted by atomic mass is 35.5. The third-order valence-electron chi connectivity index (χ3n) is 6.27. The van der Waals surface area contributed by atoms with Crippen LogP contribution in [0.3, 0.4) is 0 Å². The van der Waals surface area contributed by atoms with Crippen LogP contribution >= 0.6 is 11.6 Å². The number of halogens is 1. The molecule has 2 heterocycles. The summed E-state index contributed by atoms with van der Waals surface area (Å²) < 4.78 is 0. The minimum atomic E-state index is -0.0631. The number of aromatic nitrogens is 2. The standard InChI is InChI=1S/C26H26ClN5O/c27-23-15-30-25(13-21(23)22-14-29-24-7-2-1-6-20(22)24)31-18-4-3-5-19(12-18)32-26(33)16-8-10-17(28)11-9-16/h1-2,6-11,13-15,18-19,29H,3-5,12,28H2,(H,30,31)(H,32,33)/t18-,19-/m1/s1. The van der Waals surface area contributed by atoms with Crippen LogP contribution in [0.1, 0.15) is 36.0 Å². The fourth-order valence-corrected chi connectivity index (χ4v) is 4.79. The van der Waals surface area contributed by atoms with Crippen molar-refractivity contribution < 1.29 is 4.79 Å². The van der Waals surface area contributed by atoms with Crippen molar-refractivity contribution >= 4 is 39.9 Å². The summed E-state index contributed by atoms with van der Waals surface area (Å²) in [5.74, 6) is 0.724. The number of H-pyrrole nitrogens is 1. The molecular weight excluding hydrogens is 434 g/mol. The second-order valence-corrected chi connectivity index (χ2v) is 9.00. The van der Waals surface area contributed by atoms with Gasteiger partial charge in [-0.2, -0.15) is 0 Å². The molecule has 5 N–H and O–H groups in total. The second-order valence-electron chi connectivity index (χ2n) is 8.60. The Morgan fingerprint density at radius 1 is 1.06 bits per heavy atom. The van der Waals surface area contributed by atoms with E-state index in [9.17, 15) is 4.79 Å². The molecule has 0 spiro atoms. The first-order valence-corrected chi connectivity index (χ1v) is 11.6. The molecule has 5 rings (SSSR count). The van der Waals surface area contributed by atoms with E-state index < -0.39 is 0 Å². The van der Waals surface area contributed by atoms with Gasteiger partial charge in [0.05, 0.1) is 5.02 Å². The molecule has 2 atom stereocenters. The Balaban J connectivity index is 1.29. The molecule has 1 aliphatic carbocycles. The molecule has 0 bridgehead atoms. The number of carbonyl (C=O) groups excluding carboxylic acids is 1. The van der Waals surface area contributed by atoms with Gasteiger partial charge < -0.3 is 21.4 Å². The third-order valence-corrected chi connectivity index (χ3v) is 6.57. The summed E-state index contributed by atoms with van der Waals surface area (Å²) in [6, 6.07) is 17.5. The van der Waals surface area contributed by atoms with Gasteiger partial charge in [0.15, 0.2) is 0 Å². The number of para-hydroxylation sites is 1. The summed E-state index contributed by atoms with van der Waals surface area (Å²) in [6.45, 7) is 0. The topological polar surface area (TPSA) is 95.8 Å². The van der Waals surface area contributed by atoms with Crippen LogP contribution in [0.4, 0.5) is 11.5 Å². The molecule has 6 nitrogen and oxygen atoms in total.